The molecule has 0 amide bonds. The SMILES string of the molecule is CCCC1=CC=CN([Si](C)(C)C(C)(C)C)B1c1ccccc1. The molecule has 0 bridgehead atoms. The molecule has 0 aromatic heterocycles. The highest BCUT2D eigenvalue weighted by Crippen LogP contribution is 2.40. The lowest BCUT2D eigenvalue weighted by Gasteiger charge is -2.50. The minimum absolute atomic E-state index is 0.332. The Morgan fingerprint density at radius 1 is 1.09 bits per heavy atom. The Morgan fingerprint density at radius 2 is 1.73 bits per heavy atom. The molecule has 1 aromatic carbocycles. The topological polar surface area (TPSA) is 3.24 Å². The third-order valence-corrected chi connectivity index (χ3v) is 10.7. The largest absolute Gasteiger partial charge is 0.441 e. The molecule has 0 saturated heterocycles. The second-order valence-corrected chi connectivity index (χ2v) is 13.0. The molecule has 2 rings (SSSR count). The van der Waals surface area contributed by atoms with E-state index in [1.54, 1.807) is 5.47 Å². The van der Waals surface area contributed by atoms with Gasteiger partial charge in [0.15, 0.2) is 0 Å². The van der Waals surface area contributed by atoms with E-state index < -0.39 is 8.24 Å². The van der Waals surface area contributed by atoms with Gasteiger partial charge in [-0.05, 0) is 23.7 Å². The van der Waals surface area contributed by atoms with Crippen molar-refractivity contribution >= 4 is 20.5 Å². The molecule has 0 spiro atoms. The van der Waals surface area contributed by atoms with Crippen LogP contribution in [0.3, 0.4) is 0 Å². The third kappa shape index (κ3) is 3.24. The number of nitrogens with zero attached hydrogens (tertiary/aromatic N) is 1. The molecule has 1 aliphatic heterocycles. The van der Waals surface area contributed by atoms with E-state index in [1.807, 2.05) is 0 Å². The summed E-state index contributed by atoms with van der Waals surface area (Å²) in [5, 5.41) is 0.332. The Bertz CT molecular complexity index is 555. The van der Waals surface area contributed by atoms with Crippen molar-refractivity contribution in [2.45, 2.75) is 58.7 Å². The van der Waals surface area contributed by atoms with Crippen molar-refractivity contribution in [1.82, 2.24) is 4.48 Å². The maximum Gasteiger partial charge on any atom is 0.310 e. The lowest BCUT2D eigenvalue weighted by molar-refractivity contribution is 0.651. The molecule has 0 saturated carbocycles. The van der Waals surface area contributed by atoms with Crippen LogP contribution >= 0.6 is 0 Å². The van der Waals surface area contributed by atoms with Gasteiger partial charge in [-0.2, -0.15) is 0 Å². The summed E-state index contributed by atoms with van der Waals surface area (Å²) in [7, 11) is -1.62. The Hall–Kier alpha value is -1.22. The molecule has 0 atom stereocenters. The highest BCUT2D eigenvalue weighted by Gasteiger charge is 2.45. The first-order valence-corrected chi connectivity index (χ1v) is 11.4. The summed E-state index contributed by atoms with van der Waals surface area (Å²) >= 11 is 0. The van der Waals surface area contributed by atoms with Crippen molar-refractivity contribution in [3.05, 3.63) is 54.2 Å². The van der Waals surface area contributed by atoms with Crippen LogP contribution in [0.5, 0.6) is 0 Å². The van der Waals surface area contributed by atoms with Gasteiger partial charge in [0.2, 0.25) is 0 Å². The van der Waals surface area contributed by atoms with E-state index in [0.717, 1.165) is 0 Å². The van der Waals surface area contributed by atoms with E-state index in [0.29, 0.717) is 11.9 Å². The fourth-order valence-corrected chi connectivity index (χ4v) is 5.22. The van der Waals surface area contributed by atoms with Gasteiger partial charge in [0.25, 0.3) is 0 Å². The number of hydrogen-bond donors (Lipinski definition) is 0. The molecule has 0 unspecified atom stereocenters. The number of allylic oxidation sites excluding steroid dienone is 3. The molecule has 3 heteroatoms. The quantitative estimate of drug-likeness (QED) is 0.708. The second kappa shape index (κ2) is 6.49. The summed E-state index contributed by atoms with van der Waals surface area (Å²) in [4.78, 5) is 0. The van der Waals surface area contributed by atoms with Gasteiger partial charge < -0.3 is 4.48 Å². The zero-order chi connectivity index (χ0) is 16.4. The van der Waals surface area contributed by atoms with Gasteiger partial charge in [-0.1, -0.05) is 94.6 Å². The Balaban J connectivity index is 2.49. The van der Waals surface area contributed by atoms with Gasteiger partial charge in [-0.25, -0.2) is 0 Å². The highest BCUT2D eigenvalue weighted by atomic mass is 28.3. The summed E-state index contributed by atoms with van der Waals surface area (Å²) in [5.74, 6) is 0. The molecule has 1 aromatic rings. The predicted octanol–water partition coefficient (Wildman–Crippen LogP) is 4.99. The smallest absolute Gasteiger partial charge is 0.310 e. The Kier molecular flexibility index (Phi) is 5.06. The van der Waals surface area contributed by atoms with Crippen molar-refractivity contribution < 1.29 is 0 Å². The normalized spacial score (nSPS) is 16.0. The van der Waals surface area contributed by atoms with E-state index in [-0.39, 0.29) is 0 Å². The number of hydrogen-bond acceptors (Lipinski definition) is 1. The summed E-state index contributed by atoms with van der Waals surface area (Å²) in [6.45, 7) is 14.9. The molecule has 0 aliphatic carbocycles. The van der Waals surface area contributed by atoms with Gasteiger partial charge in [0, 0.05) is 0 Å². The standard InChI is InChI=1S/C19H30BNSi/c1-7-12-17-15-11-16-21(22(5,6)19(2,3)4)20(17)18-13-9-8-10-14-18/h8-11,13-16H,7,12H2,1-6H3. The molecule has 118 valence electrons. The van der Waals surface area contributed by atoms with Crippen LogP contribution in [-0.4, -0.2) is 19.6 Å². The average Bonchev–Trinajstić information content (AvgIpc) is 2.47. The van der Waals surface area contributed by atoms with Crippen LogP contribution in [0.25, 0.3) is 0 Å². The molecule has 0 N–H and O–H groups in total. The van der Waals surface area contributed by atoms with Crippen molar-refractivity contribution in [3.63, 3.8) is 0 Å². The molecule has 0 fully saturated rings. The van der Waals surface area contributed by atoms with E-state index in [9.17, 15) is 0 Å². The van der Waals surface area contributed by atoms with Gasteiger partial charge >= 0.3 is 6.85 Å². The van der Waals surface area contributed by atoms with Crippen molar-refractivity contribution in [3.8, 4) is 0 Å². The maximum atomic E-state index is 2.70. The molecular weight excluding hydrogens is 281 g/mol. The predicted molar refractivity (Wildman–Crippen MR) is 103 cm³/mol. The van der Waals surface area contributed by atoms with Crippen LogP contribution in [0.2, 0.25) is 18.1 Å². The second-order valence-electron chi connectivity index (χ2n) is 7.86. The maximum absolute atomic E-state index is 2.70. The first-order valence-electron chi connectivity index (χ1n) is 8.49. The van der Waals surface area contributed by atoms with Crippen LogP contribution in [-0.2, 0) is 0 Å². The monoisotopic (exact) mass is 311 g/mol. The first-order chi connectivity index (χ1) is 10.3. The van der Waals surface area contributed by atoms with Gasteiger partial charge in [-0.3, -0.25) is 0 Å². The minimum atomic E-state index is -1.62. The highest BCUT2D eigenvalue weighted by molar-refractivity contribution is 6.93. The van der Waals surface area contributed by atoms with Crippen molar-refractivity contribution in [2.24, 2.45) is 0 Å². The summed E-state index contributed by atoms with van der Waals surface area (Å²) in [5.41, 5.74) is 2.98. The number of rotatable bonds is 4. The Morgan fingerprint density at radius 3 is 2.27 bits per heavy atom. The van der Waals surface area contributed by atoms with Crippen LogP contribution in [0.15, 0.2) is 54.2 Å². The third-order valence-electron chi connectivity index (χ3n) is 5.32. The van der Waals surface area contributed by atoms with E-state index in [1.165, 1.54) is 18.3 Å². The summed E-state index contributed by atoms with van der Waals surface area (Å²) < 4.78 is 2.70. The summed E-state index contributed by atoms with van der Waals surface area (Å²) in [6, 6.07) is 11.0. The molecule has 1 nitrogen and oxygen atoms in total. The lowest BCUT2D eigenvalue weighted by Crippen LogP contribution is -2.63. The van der Waals surface area contributed by atoms with Crippen molar-refractivity contribution in [1.29, 1.82) is 0 Å². The zero-order valence-corrected chi connectivity index (χ0v) is 16.1. The van der Waals surface area contributed by atoms with Crippen molar-refractivity contribution in [2.75, 3.05) is 0 Å². The van der Waals surface area contributed by atoms with Crippen LogP contribution in [0.1, 0.15) is 40.5 Å². The zero-order valence-electron chi connectivity index (χ0n) is 15.1. The summed E-state index contributed by atoms with van der Waals surface area (Å²) in [6.07, 6.45) is 9.31. The fraction of sp³-hybridized carbons (Fsp3) is 0.474. The minimum Gasteiger partial charge on any atom is -0.441 e. The van der Waals surface area contributed by atoms with Gasteiger partial charge in [-0.15, -0.1) is 0 Å². The molecule has 1 heterocycles. The van der Waals surface area contributed by atoms with Crippen LogP contribution in [0.4, 0.5) is 0 Å². The molecule has 0 radical (unpaired) electrons. The Labute approximate surface area is 138 Å². The van der Waals surface area contributed by atoms with Crippen LogP contribution < -0.4 is 5.46 Å². The number of benzene rings is 1. The molecule has 22 heavy (non-hydrogen) atoms. The van der Waals surface area contributed by atoms with Gasteiger partial charge in [0.05, 0.1) is 0 Å². The van der Waals surface area contributed by atoms with E-state index in [2.05, 4.69) is 93.9 Å². The first kappa shape index (κ1) is 17.1. The average molecular weight is 311 g/mol. The van der Waals surface area contributed by atoms with E-state index >= 15 is 0 Å². The van der Waals surface area contributed by atoms with Crippen LogP contribution in [0, 0.1) is 0 Å². The lowest BCUT2D eigenvalue weighted by atomic mass is 9.48. The molecular formula is C19H30BNSi. The van der Waals surface area contributed by atoms with Gasteiger partial charge in [0.1, 0.15) is 8.24 Å². The fourth-order valence-electron chi connectivity index (χ4n) is 3.03. The molecule has 1 aliphatic rings. The van der Waals surface area contributed by atoms with E-state index in [4.69, 9.17) is 0 Å².